The molecule has 0 aliphatic rings. The van der Waals surface area contributed by atoms with Gasteiger partial charge in [0.15, 0.2) is 0 Å². The molecular weight excluding hydrogens is 262 g/mol. The summed E-state index contributed by atoms with van der Waals surface area (Å²) in [6.45, 7) is 1.89. The average molecular weight is 285 g/mol. The molecule has 0 radical (unpaired) electrons. The van der Waals surface area contributed by atoms with Crippen molar-refractivity contribution >= 4 is 0 Å². The lowest BCUT2D eigenvalue weighted by Gasteiger charge is -2.17. The van der Waals surface area contributed by atoms with Crippen molar-refractivity contribution in [3.05, 3.63) is 65.7 Å². The fourth-order valence-electron chi connectivity index (χ4n) is 2.31. The third-order valence-electron chi connectivity index (χ3n) is 3.50. The van der Waals surface area contributed by atoms with E-state index in [4.69, 9.17) is 15.2 Å². The number of rotatable bonds is 8. The van der Waals surface area contributed by atoms with Gasteiger partial charge in [0.25, 0.3) is 0 Å². The van der Waals surface area contributed by atoms with Crippen LogP contribution in [0, 0.1) is 5.92 Å². The topological polar surface area (TPSA) is 44.5 Å². The molecule has 0 bridgehead atoms. The SMILES string of the molecule is COc1ccccc1CC(CN)COCc1ccccc1. The van der Waals surface area contributed by atoms with Gasteiger partial charge in [-0.3, -0.25) is 0 Å². The summed E-state index contributed by atoms with van der Waals surface area (Å²) in [4.78, 5) is 0. The maximum absolute atomic E-state index is 5.87. The van der Waals surface area contributed by atoms with Gasteiger partial charge in [0, 0.05) is 0 Å². The molecule has 3 heteroatoms. The van der Waals surface area contributed by atoms with Crippen LogP contribution in [-0.2, 0) is 17.8 Å². The Morgan fingerprint density at radius 1 is 1.00 bits per heavy atom. The second-order valence-corrected chi connectivity index (χ2v) is 5.12. The van der Waals surface area contributed by atoms with E-state index in [0.717, 1.165) is 12.2 Å². The lowest BCUT2D eigenvalue weighted by atomic mass is 9.99. The Bertz CT molecular complexity index is 528. The van der Waals surface area contributed by atoms with Gasteiger partial charge in [0.1, 0.15) is 5.75 Å². The molecule has 2 aromatic rings. The van der Waals surface area contributed by atoms with Gasteiger partial charge in [-0.25, -0.2) is 0 Å². The van der Waals surface area contributed by atoms with E-state index in [9.17, 15) is 0 Å². The highest BCUT2D eigenvalue weighted by Gasteiger charge is 2.11. The van der Waals surface area contributed by atoms with Crippen LogP contribution in [0.4, 0.5) is 0 Å². The first-order valence-corrected chi connectivity index (χ1v) is 7.27. The van der Waals surface area contributed by atoms with E-state index >= 15 is 0 Å². The fourth-order valence-corrected chi connectivity index (χ4v) is 2.31. The van der Waals surface area contributed by atoms with E-state index in [1.165, 1.54) is 11.1 Å². The molecule has 0 heterocycles. The van der Waals surface area contributed by atoms with Crippen LogP contribution in [0.15, 0.2) is 54.6 Å². The molecule has 0 amide bonds. The third kappa shape index (κ3) is 4.88. The molecule has 2 aromatic carbocycles. The van der Waals surface area contributed by atoms with Crippen molar-refractivity contribution in [2.45, 2.75) is 13.0 Å². The van der Waals surface area contributed by atoms with Crippen molar-refractivity contribution in [3.63, 3.8) is 0 Å². The van der Waals surface area contributed by atoms with Gasteiger partial charge in [-0.15, -0.1) is 0 Å². The van der Waals surface area contributed by atoms with E-state index in [1.54, 1.807) is 7.11 Å². The smallest absolute Gasteiger partial charge is 0.122 e. The zero-order valence-corrected chi connectivity index (χ0v) is 12.5. The molecule has 0 saturated heterocycles. The minimum absolute atomic E-state index is 0.296. The van der Waals surface area contributed by atoms with Crippen molar-refractivity contribution in [3.8, 4) is 5.75 Å². The second-order valence-electron chi connectivity index (χ2n) is 5.12. The van der Waals surface area contributed by atoms with Gasteiger partial charge < -0.3 is 15.2 Å². The highest BCUT2D eigenvalue weighted by Crippen LogP contribution is 2.21. The summed E-state index contributed by atoms with van der Waals surface area (Å²) in [7, 11) is 1.70. The predicted octanol–water partition coefficient (Wildman–Crippen LogP) is 3.03. The molecule has 1 atom stereocenters. The third-order valence-corrected chi connectivity index (χ3v) is 3.50. The molecule has 0 aromatic heterocycles. The van der Waals surface area contributed by atoms with Crippen LogP contribution in [-0.4, -0.2) is 20.3 Å². The molecule has 1 unspecified atom stereocenters. The van der Waals surface area contributed by atoms with Crippen molar-refractivity contribution in [2.75, 3.05) is 20.3 Å². The first-order valence-electron chi connectivity index (χ1n) is 7.27. The van der Waals surface area contributed by atoms with Gasteiger partial charge in [0.2, 0.25) is 0 Å². The number of para-hydroxylation sites is 1. The minimum atomic E-state index is 0.296. The number of ether oxygens (including phenoxy) is 2. The van der Waals surface area contributed by atoms with Crippen molar-refractivity contribution in [1.82, 2.24) is 0 Å². The average Bonchev–Trinajstić information content (AvgIpc) is 2.55. The van der Waals surface area contributed by atoms with Crippen LogP contribution in [0.2, 0.25) is 0 Å². The number of methoxy groups -OCH3 is 1. The Kier molecular flexibility index (Phi) is 6.25. The normalized spacial score (nSPS) is 12.1. The summed E-state index contributed by atoms with van der Waals surface area (Å²) in [5.74, 6) is 1.21. The highest BCUT2D eigenvalue weighted by molar-refractivity contribution is 5.33. The van der Waals surface area contributed by atoms with Gasteiger partial charge >= 0.3 is 0 Å². The summed E-state index contributed by atoms with van der Waals surface area (Å²) < 4.78 is 11.2. The van der Waals surface area contributed by atoms with E-state index in [0.29, 0.717) is 25.7 Å². The monoisotopic (exact) mass is 285 g/mol. The molecule has 2 rings (SSSR count). The standard InChI is InChI=1S/C18H23NO2/c1-20-18-10-6-5-9-17(18)11-16(12-19)14-21-13-15-7-3-2-4-8-15/h2-10,16H,11-14,19H2,1H3. The summed E-state index contributed by atoms with van der Waals surface area (Å²) >= 11 is 0. The lowest BCUT2D eigenvalue weighted by molar-refractivity contribution is 0.0890. The largest absolute Gasteiger partial charge is 0.496 e. The Labute approximate surface area is 126 Å². The van der Waals surface area contributed by atoms with Gasteiger partial charge in [-0.1, -0.05) is 48.5 Å². The van der Waals surface area contributed by atoms with Crippen LogP contribution < -0.4 is 10.5 Å². The van der Waals surface area contributed by atoms with Gasteiger partial charge in [-0.05, 0) is 36.1 Å². The molecule has 21 heavy (non-hydrogen) atoms. The summed E-state index contributed by atoms with van der Waals surface area (Å²) in [5.41, 5.74) is 8.24. The van der Waals surface area contributed by atoms with Crippen LogP contribution in [0.5, 0.6) is 5.75 Å². The van der Waals surface area contributed by atoms with Crippen molar-refractivity contribution < 1.29 is 9.47 Å². The predicted molar refractivity (Wildman–Crippen MR) is 85.3 cm³/mol. The molecule has 0 spiro atoms. The Balaban J connectivity index is 1.85. The second kappa shape index (κ2) is 8.45. The number of benzene rings is 2. The van der Waals surface area contributed by atoms with E-state index in [-0.39, 0.29) is 0 Å². The molecule has 0 aliphatic heterocycles. The van der Waals surface area contributed by atoms with Gasteiger partial charge in [-0.2, -0.15) is 0 Å². The van der Waals surface area contributed by atoms with E-state index < -0.39 is 0 Å². The number of hydrogen-bond donors (Lipinski definition) is 1. The van der Waals surface area contributed by atoms with Crippen molar-refractivity contribution in [1.29, 1.82) is 0 Å². The first kappa shape index (κ1) is 15.5. The first-order chi connectivity index (χ1) is 10.3. The molecule has 0 saturated carbocycles. The minimum Gasteiger partial charge on any atom is -0.496 e. The fraction of sp³-hybridized carbons (Fsp3) is 0.333. The molecular formula is C18H23NO2. The molecule has 112 valence electrons. The lowest BCUT2D eigenvalue weighted by Crippen LogP contribution is -2.22. The molecule has 2 N–H and O–H groups in total. The summed E-state index contributed by atoms with van der Waals surface area (Å²) in [6, 6.07) is 18.2. The zero-order valence-electron chi connectivity index (χ0n) is 12.5. The Hall–Kier alpha value is -1.84. The van der Waals surface area contributed by atoms with E-state index in [1.807, 2.05) is 36.4 Å². The highest BCUT2D eigenvalue weighted by atomic mass is 16.5. The zero-order chi connectivity index (χ0) is 14.9. The Morgan fingerprint density at radius 3 is 2.43 bits per heavy atom. The molecule has 0 fully saturated rings. The van der Waals surface area contributed by atoms with Crippen LogP contribution in [0.3, 0.4) is 0 Å². The molecule has 3 nitrogen and oxygen atoms in total. The Morgan fingerprint density at radius 2 is 1.71 bits per heavy atom. The molecule has 0 aliphatic carbocycles. The maximum atomic E-state index is 5.87. The number of nitrogens with two attached hydrogens (primary N) is 1. The summed E-state index contributed by atoms with van der Waals surface area (Å²) in [6.07, 6.45) is 0.870. The quantitative estimate of drug-likeness (QED) is 0.811. The van der Waals surface area contributed by atoms with E-state index in [2.05, 4.69) is 18.2 Å². The van der Waals surface area contributed by atoms with Gasteiger partial charge in [0.05, 0.1) is 20.3 Å². The summed E-state index contributed by atoms with van der Waals surface area (Å²) in [5, 5.41) is 0. The van der Waals surface area contributed by atoms with Crippen LogP contribution in [0.1, 0.15) is 11.1 Å². The number of hydrogen-bond acceptors (Lipinski definition) is 3. The van der Waals surface area contributed by atoms with Crippen LogP contribution in [0.25, 0.3) is 0 Å². The maximum Gasteiger partial charge on any atom is 0.122 e. The van der Waals surface area contributed by atoms with Crippen molar-refractivity contribution in [2.24, 2.45) is 11.7 Å². The van der Waals surface area contributed by atoms with Crippen LogP contribution >= 0.6 is 0 Å².